The number of piperazine rings is 1. The van der Waals surface area contributed by atoms with E-state index < -0.39 is 5.54 Å². The molecule has 1 aromatic rings. The van der Waals surface area contributed by atoms with E-state index in [2.05, 4.69) is 10.4 Å². The van der Waals surface area contributed by atoms with Gasteiger partial charge in [-0.05, 0) is 59.7 Å². The number of rotatable bonds is 3. The summed E-state index contributed by atoms with van der Waals surface area (Å²) in [5, 5.41) is 7.69. The average Bonchev–Trinajstić information content (AvgIpc) is 3.07. The molecule has 0 atom stereocenters. The van der Waals surface area contributed by atoms with Crippen molar-refractivity contribution in [3.05, 3.63) is 18.5 Å². The molecule has 25 heavy (non-hydrogen) atoms. The number of nitrogens with one attached hydrogen (secondary N) is 1. The Kier molecular flexibility index (Phi) is 4.62. The van der Waals surface area contributed by atoms with Gasteiger partial charge < -0.3 is 15.1 Å². The lowest BCUT2D eigenvalue weighted by Crippen LogP contribution is -2.67. The number of hydrogen-bond donors (Lipinski definition) is 1. The highest BCUT2D eigenvalue weighted by Gasteiger charge is 2.49. The molecule has 2 saturated heterocycles. The highest BCUT2D eigenvalue weighted by Crippen LogP contribution is 2.32. The minimum absolute atomic E-state index is 0.0162. The number of carbonyl (C=O) groups excluding carboxylic acids is 2. The standard InChI is InChI=1S/C18H29N5O2/c1-14(2)23-15(24)12-21(13-17(23,3)4)16(25)18(6-9-19-10-7-18)22-11-5-8-20-22/h5,8,11,14,19H,6-7,9-10,12-13H2,1-4H3. The normalized spacial score (nSPS) is 23.2. The van der Waals surface area contributed by atoms with Gasteiger partial charge in [-0.3, -0.25) is 14.3 Å². The molecule has 7 heteroatoms. The zero-order valence-corrected chi connectivity index (χ0v) is 15.7. The van der Waals surface area contributed by atoms with Crippen LogP contribution in [-0.2, 0) is 15.1 Å². The predicted octanol–water partition coefficient (Wildman–Crippen LogP) is 0.820. The molecule has 0 bridgehead atoms. The van der Waals surface area contributed by atoms with Crippen molar-refractivity contribution in [1.82, 2.24) is 24.9 Å². The highest BCUT2D eigenvalue weighted by atomic mass is 16.2. The summed E-state index contributed by atoms with van der Waals surface area (Å²) in [6, 6.07) is 1.97. The molecule has 0 aliphatic carbocycles. The van der Waals surface area contributed by atoms with E-state index in [1.807, 2.05) is 44.9 Å². The van der Waals surface area contributed by atoms with Gasteiger partial charge in [0.25, 0.3) is 5.91 Å². The van der Waals surface area contributed by atoms with Gasteiger partial charge >= 0.3 is 0 Å². The summed E-state index contributed by atoms with van der Waals surface area (Å²) in [6.45, 7) is 10.4. The van der Waals surface area contributed by atoms with Gasteiger partial charge in [-0.25, -0.2) is 0 Å². The second-order valence-corrected chi connectivity index (χ2v) is 8.06. The Morgan fingerprint density at radius 1 is 1.28 bits per heavy atom. The summed E-state index contributed by atoms with van der Waals surface area (Å²) in [5.41, 5.74) is -1.07. The van der Waals surface area contributed by atoms with E-state index in [1.54, 1.807) is 15.8 Å². The summed E-state index contributed by atoms with van der Waals surface area (Å²) >= 11 is 0. The van der Waals surface area contributed by atoms with E-state index in [0.29, 0.717) is 19.4 Å². The molecular weight excluding hydrogens is 318 g/mol. The zero-order valence-electron chi connectivity index (χ0n) is 15.7. The van der Waals surface area contributed by atoms with Crippen molar-refractivity contribution in [3.8, 4) is 0 Å². The van der Waals surface area contributed by atoms with Gasteiger partial charge in [-0.15, -0.1) is 0 Å². The van der Waals surface area contributed by atoms with E-state index in [9.17, 15) is 9.59 Å². The fraction of sp³-hybridized carbons (Fsp3) is 0.722. The van der Waals surface area contributed by atoms with Crippen LogP contribution >= 0.6 is 0 Å². The van der Waals surface area contributed by atoms with Gasteiger partial charge in [0.1, 0.15) is 5.54 Å². The summed E-state index contributed by atoms with van der Waals surface area (Å²) in [7, 11) is 0. The number of nitrogens with zero attached hydrogens (tertiary/aromatic N) is 4. The van der Waals surface area contributed by atoms with Gasteiger partial charge in [-0.2, -0.15) is 5.10 Å². The maximum atomic E-state index is 13.5. The molecule has 0 unspecified atom stereocenters. The van der Waals surface area contributed by atoms with Gasteiger partial charge in [-0.1, -0.05) is 0 Å². The minimum atomic E-state index is -0.689. The third-order valence-corrected chi connectivity index (χ3v) is 5.40. The third kappa shape index (κ3) is 3.05. The lowest BCUT2D eigenvalue weighted by Gasteiger charge is -2.51. The Balaban J connectivity index is 1.90. The molecule has 2 aliphatic heterocycles. The fourth-order valence-electron chi connectivity index (χ4n) is 4.50. The topological polar surface area (TPSA) is 70.5 Å². The third-order valence-electron chi connectivity index (χ3n) is 5.40. The maximum Gasteiger partial charge on any atom is 0.251 e. The molecule has 3 rings (SSSR count). The molecule has 2 fully saturated rings. The molecule has 1 aromatic heterocycles. The quantitative estimate of drug-likeness (QED) is 0.879. The first-order valence-corrected chi connectivity index (χ1v) is 9.10. The van der Waals surface area contributed by atoms with Gasteiger partial charge in [0.05, 0.1) is 12.1 Å². The zero-order chi connectivity index (χ0) is 18.2. The van der Waals surface area contributed by atoms with Crippen LogP contribution in [0.1, 0.15) is 40.5 Å². The van der Waals surface area contributed by atoms with Crippen molar-refractivity contribution >= 4 is 11.8 Å². The maximum absolute atomic E-state index is 13.5. The largest absolute Gasteiger partial charge is 0.332 e. The van der Waals surface area contributed by atoms with Gasteiger partial charge in [0, 0.05) is 25.0 Å². The van der Waals surface area contributed by atoms with Crippen molar-refractivity contribution in [1.29, 1.82) is 0 Å². The van der Waals surface area contributed by atoms with Crippen LogP contribution in [0, 0.1) is 0 Å². The van der Waals surface area contributed by atoms with Crippen LogP contribution in [0.25, 0.3) is 0 Å². The van der Waals surface area contributed by atoms with Crippen molar-refractivity contribution in [2.24, 2.45) is 0 Å². The van der Waals surface area contributed by atoms with Crippen LogP contribution in [0.4, 0.5) is 0 Å². The number of hydrogen-bond acceptors (Lipinski definition) is 4. The molecule has 0 aromatic carbocycles. The summed E-state index contributed by atoms with van der Waals surface area (Å²) in [6.07, 6.45) is 4.95. The first kappa shape index (κ1) is 17.9. The van der Waals surface area contributed by atoms with E-state index >= 15 is 0 Å². The predicted molar refractivity (Wildman–Crippen MR) is 94.9 cm³/mol. The van der Waals surface area contributed by atoms with Crippen molar-refractivity contribution in [2.75, 3.05) is 26.2 Å². The van der Waals surface area contributed by atoms with Crippen molar-refractivity contribution in [2.45, 2.75) is 57.7 Å². The number of carbonyl (C=O) groups is 2. The second kappa shape index (κ2) is 6.44. The highest BCUT2D eigenvalue weighted by molar-refractivity contribution is 5.90. The molecule has 3 heterocycles. The first-order chi connectivity index (χ1) is 11.8. The number of piperidine rings is 1. The molecule has 0 saturated carbocycles. The SMILES string of the molecule is CC(C)N1C(=O)CN(C(=O)C2(n3cccn3)CCNCC2)CC1(C)C. The van der Waals surface area contributed by atoms with Crippen molar-refractivity contribution in [3.63, 3.8) is 0 Å². The van der Waals surface area contributed by atoms with Gasteiger partial charge in [0.2, 0.25) is 5.91 Å². The molecule has 0 spiro atoms. The summed E-state index contributed by atoms with van der Waals surface area (Å²) in [5.74, 6) is 0.0340. The molecule has 0 radical (unpaired) electrons. The van der Waals surface area contributed by atoms with Crippen molar-refractivity contribution < 1.29 is 9.59 Å². The van der Waals surface area contributed by atoms with Crippen LogP contribution in [0.2, 0.25) is 0 Å². The Bertz CT molecular complexity index is 632. The molecule has 1 N–H and O–H groups in total. The monoisotopic (exact) mass is 347 g/mol. The Hall–Kier alpha value is -1.89. The van der Waals surface area contributed by atoms with E-state index in [1.165, 1.54) is 0 Å². The summed E-state index contributed by atoms with van der Waals surface area (Å²) in [4.78, 5) is 29.9. The number of aromatic nitrogens is 2. The fourth-order valence-corrected chi connectivity index (χ4v) is 4.50. The molecule has 7 nitrogen and oxygen atoms in total. The minimum Gasteiger partial charge on any atom is -0.332 e. The Morgan fingerprint density at radius 3 is 2.48 bits per heavy atom. The lowest BCUT2D eigenvalue weighted by molar-refractivity contribution is -0.161. The number of amides is 2. The Morgan fingerprint density at radius 2 is 1.96 bits per heavy atom. The smallest absolute Gasteiger partial charge is 0.251 e. The first-order valence-electron chi connectivity index (χ1n) is 9.10. The van der Waals surface area contributed by atoms with Crippen LogP contribution in [0.3, 0.4) is 0 Å². The second-order valence-electron chi connectivity index (χ2n) is 8.06. The molecule has 2 amide bonds. The average molecular weight is 347 g/mol. The van der Waals surface area contributed by atoms with Crippen LogP contribution < -0.4 is 5.32 Å². The summed E-state index contributed by atoms with van der Waals surface area (Å²) < 4.78 is 1.79. The molecule has 138 valence electrons. The van der Waals surface area contributed by atoms with E-state index in [-0.39, 0.29) is 29.9 Å². The van der Waals surface area contributed by atoms with Crippen LogP contribution in [0.15, 0.2) is 18.5 Å². The Labute approximate surface area is 149 Å². The van der Waals surface area contributed by atoms with Gasteiger partial charge in [0.15, 0.2) is 0 Å². The molecular formula is C18H29N5O2. The van der Waals surface area contributed by atoms with E-state index in [0.717, 1.165) is 13.1 Å². The van der Waals surface area contributed by atoms with E-state index in [4.69, 9.17) is 0 Å². The van der Waals surface area contributed by atoms with Crippen LogP contribution in [-0.4, -0.2) is 69.2 Å². The van der Waals surface area contributed by atoms with Crippen LogP contribution in [0.5, 0.6) is 0 Å². The molecule has 2 aliphatic rings. The lowest BCUT2D eigenvalue weighted by atomic mass is 9.85.